The van der Waals surface area contributed by atoms with Crippen LogP contribution in [0, 0.1) is 11.8 Å². The number of aliphatic hydroxyl groups is 1. The van der Waals surface area contributed by atoms with E-state index in [1.807, 2.05) is 25.2 Å². The zero-order valence-electron chi connectivity index (χ0n) is 16.7. The van der Waals surface area contributed by atoms with Crippen LogP contribution in [0.15, 0.2) is 23.8 Å². The molecule has 0 saturated carbocycles. The summed E-state index contributed by atoms with van der Waals surface area (Å²) in [5.74, 6) is -0.316. The second-order valence-corrected chi connectivity index (χ2v) is 7.90. The Morgan fingerprint density at radius 3 is 2.77 bits per heavy atom. The second-order valence-electron chi connectivity index (χ2n) is 7.90. The third-order valence-corrected chi connectivity index (χ3v) is 5.67. The highest BCUT2D eigenvalue weighted by Gasteiger charge is 2.31. The molecule has 0 fully saturated rings. The molecule has 4 heteroatoms. The number of carbonyl (C=O) groups excluding carboxylic acids is 1. The van der Waals surface area contributed by atoms with E-state index in [1.54, 1.807) is 0 Å². The molecule has 2 unspecified atom stereocenters. The minimum absolute atomic E-state index is 0.0625. The Kier molecular flexibility index (Phi) is 9.85. The highest BCUT2D eigenvalue weighted by molar-refractivity contribution is 5.88. The van der Waals surface area contributed by atoms with Crippen molar-refractivity contribution >= 4 is 11.8 Å². The van der Waals surface area contributed by atoms with Crippen molar-refractivity contribution in [1.29, 1.82) is 0 Å². The summed E-state index contributed by atoms with van der Waals surface area (Å²) in [6.07, 6.45) is 13.5. The van der Waals surface area contributed by atoms with Crippen molar-refractivity contribution in [2.75, 3.05) is 0 Å². The molecule has 0 aromatic heterocycles. The molecular formula is C22H36O4. The Bertz CT molecular complexity index is 516. The van der Waals surface area contributed by atoms with Crippen LogP contribution in [0.1, 0.15) is 85.0 Å². The van der Waals surface area contributed by atoms with Gasteiger partial charge in [0.1, 0.15) is 5.78 Å². The van der Waals surface area contributed by atoms with Crippen LogP contribution in [0.2, 0.25) is 0 Å². The molecule has 4 nitrogen and oxygen atoms in total. The number of unbranched alkanes of at least 4 members (excludes halogenated alkanes) is 2. The fraction of sp³-hybridized carbons (Fsp3) is 0.727. The molecule has 0 radical (unpaired) electrons. The molecule has 0 spiro atoms. The van der Waals surface area contributed by atoms with Crippen LogP contribution in [0.3, 0.4) is 0 Å². The first-order valence-electron chi connectivity index (χ1n) is 10.1. The average molecular weight is 365 g/mol. The lowest BCUT2D eigenvalue weighted by Gasteiger charge is -2.31. The Balaban J connectivity index is 2.46. The van der Waals surface area contributed by atoms with Crippen molar-refractivity contribution in [2.24, 2.45) is 11.8 Å². The van der Waals surface area contributed by atoms with Crippen molar-refractivity contribution < 1.29 is 19.8 Å². The third kappa shape index (κ3) is 7.86. The summed E-state index contributed by atoms with van der Waals surface area (Å²) in [7, 11) is 0. The highest BCUT2D eigenvalue weighted by Crippen LogP contribution is 2.34. The topological polar surface area (TPSA) is 74.6 Å². The molecule has 0 aliphatic heterocycles. The summed E-state index contributed by atoms with van der Waals surface area (Å²) in [5.41, 5.74) is 0.465. The molecule has 0 aromatic rings. The van der Waals surface area contributed by atoms with E-state index in [4.69, 9.17) is 5.11 Å². The Morgan fingerprint density at radius 2 is 2.12 bits per heavy atom. The van der Waals surface area contributed by atoms with Crippen LogP contribution in [0.5, 0.6) is 0 Å². The van der Waals surface area contributed by atoms with E-state index in [-0.39, 0.29) is 24.0 Å². The Labute approximate surface area is 158 Å². The van der Waals surface area contributed by atoms with Gasteiger partial charge in [0.15, 0.2) is 0 Å². The molecule has 148 valence electrons. The largest absolute Gasteiger partial charge is 0.481 e. The first-order chi connectivity index (χ1) is 12.3. The summed E-state index contributed by atoms with van der Waals surface area (Å²) < 4.78 is 0. The number of ketones is 1. The minimum Gasteiger partial charge on any atom is -0.481 e. The molecule has 0 heterocycles. The molecule has 0 aromatic carbocycles. The van der Waals surface area contributed by atoms with Gasteiger partial charge >= 0.3 is 5.97 Å². The van der Waals surface area contributed by atoms with E-state index in [0.717, 1.165) is 37.7 Å². The van der Waals surface area contributed by atoms with E-state index in [1.165, 1.54) is 0 Å². The van der Waals surface area contributed by atoms with Gasteiger partial charge in [-0.3, -0.25) is 9.59 Å². The van der Waals surface area contributed by atoms with E-state index >= 15 is 0 Å². The van der Waals surface area contributed by atoms with E-state index in [2.05, 4.69) is 13.8 Å². The van der Waals surface area contributed by atoms with Crippen molar-refractivity contribution in [3.8, 4) is 0 Å². The Morgan fingerprint density at radius 1 is 1.38 bits per heavy atom. The van der Waals surface area contributed by atoms with Gasteiger partial charge in [-0.15, -0.1) is 0 Å². The van der Waals surface area contributed by atoms with E-state index in [0.29, 0.717) is 25.7 Å². The quantitative estimate of drug-likeness (QED) is 0.354. The van der Waals surface area contributed by atoms with Gasteiger partial charge in [0.05, 0.1) is 5.60 Å². The number of allylic oxidation sites excluding steroid dienone is 4. The maximum absolute atomic E-state index is 12.2. The smallest absolute Gasteiger partial charge is 0.303 e. The van der Waals surface area contributed by atoms with Crippen LogP contribution in [0.25, 0.3) is 0 Å². The zero-order chi connectivity index (χ0) is 19.6. The Hall–Kier alpha value is -1.42. The van der Waals surface area contributed by atoms with Gasteiger partial charge in [0, 0.05) is 18.8 Å². The van der Waals surface area contributed by atoms with Crippen LogP contribution in [-0.2, 0) is 9.59 Å². The lowest BCUT2D eigenvalue weighted by atomic mass is 9.81. The van der Waals surface area contributed by atoms with E-state index < -0.39 is 11.6 Å². The fourth-order valence-electron chi connectivity index (χ4n) is 3.47. The van der Waals surface area contributed by atoms with Gasteiger partial charge in [0.25, 0.3) is 0 Å². The van der Waals surface area contributed by atoms with Crippen molar-refractivity contribution in [3.63, 3.8) is 0 Å². The first kappa shape index (κ1) is 22.6. The standard InChI is InChI=1S/C22H36O4/c1-4-5-10-17(2)22(3,26)16-15-18-13-14-20(23)19(18)11-8-6-7-9-12-21(24)25/h6,8,13,17,19,26H,4-5,7,9-12,14-16H2,1-3H3,(H,24,25)/b8-6-/t17?,19-,22?/m1/s1. The zero-order valence-corrected chi connectivity index (χ0v) is 16.7. The van der Waals surface area contributed by atoms with E-state index in [9.17, 15) is 14.7 Å². The third-order valence-electron chi connectivity index (χ3n) is 5.67. The van der Waals surface area contributed by atoms with Crippen molar-refractivity contribution in [3.05, 3.63) is 23.8 Å². The van der Waals surface area contributed by atoms with Crippen LogP contribution < -0.4 is 0 Å². The number of rotatable bonds is 13. The lowest BCUT2D eigenvalue weighted by Crippen LogP contribution is -2.33. The molecule has 1 rings (SSSR count). The lowest BCUT2D eigenvalue weighted by molar-refractivity contribution is -0.137. The summed E-state index contributed by atoms with van der Waals surface area (Å²) in [5, 5.41) is 19.4. The summed E-state index contributed by atoms with van der Waals surface area (Å²) in [4.78, 5) is 22.7. The molecule has 0 amide bonds. The summed E-state index contributed by atoms with van der Waals surface area (Å²) in [6.45, 7) is 6.19. The molecule has 0 saturated heterocycles. The second kappa shape index (κ2) is 11.3. The number of Topliss-reactive ketones (excluding diaryl/α,β-unsaturated/α-hetero) is 1. The van der Waals surface area contributed by atoms with Crippen molar-refractivity contribution in [1.82, 2.24) is 0 Å². The molecule has 3 atom stereocenters. The summed E-state index contributed by atoms with van der Waals surface area (Å²) >= 11 is 0. The SMILES string of the molecule is CCCCC(C)C(C)(O)CCC1=CCC(=O)[C@@H]1C/C=C\CCCC(=O)O. The van der Waals surface area contributed by atoms with Gasteiger partial charge in [-0.05, 0) is 51.4 Å². The predicted octanol–water partition coefficient (Wildman–Crippen LogP) is 5.06. The number of hydrogen-bond acceptors (Lipinski definition) is 3. The normalized spacial score (nSPS) is 21.0. The average Bonchev–Trinajstić information content (AvgIpc) is 2.93. The van der Waals surface area contributed by atoms with Gasteiger partial charge < -0.3 is 10.2 Å². The predicted molar refractivity (Wildman–Crippen MR) is 105 cm³/mol. The molecule has 26 heavy (non-hydrogen) atoms. The number of aliphatic carboxylic acids is 1. The number of carboxylic acids is 1. The highest BCUT2D eigenvalue weighted by atomic mass is 16.4. The van der Waals surface area contributed by atoms with Crippen molar-refractivity contribution in [2.45, 2.75) is 90.6 Å². The molecule has 1 aliphatic carbocycles. The minimum atomic E-state index is -0.769. The van der Waals surface area contributed by atoms with Gasteiger partial charge in [-0.25, -0.2) is 0 Å². The van der Waals surface area contributed by atoms with Crippen LogP contribution in [-0.4, -0.2) is 27.6 Å². The van der Waals surface area contributed by atoms with Crippen LogP contribution >= 0.6 is 0 Å². The molecule has 1 aliphatic rings. The molecule has 2 N–H and O–H groups in total. The maximum atomic E-state index is 12.2. The number of hydrogen-bond donors (Lipinski definition) is 2. The first-order valence-corrected chi connectivity index (χ1v) is 10.1. The van der Waals surface area contributed by atoms with Gasteiger partial charge in [-0.1, -0.05) is 50.5 Å². The fourth-order valence-corrected chi connectivity index (χ4v) is 3.47. The summed E-state index contributed by atoms with van der Waals surface area (Å²) in [6, 6.07) is 0. The monoisotopic (exact) mass is 364 g/mol. The maximum Gasteiger partial charge on any atom is 0.303 e. The van der Waals surface area contributed by atoms with Crippen LogP contribution in [0.4, 0.5) is 0 Å². The number of carboxylic acid groups (broad SMARTS) is 1. The van der Waals surface area contributed by atoms with Gasteiger partial charge in [-0.2, -0.15) is 0 Å². The number of carbonyl (C=O) groups is 2. The molecule has 0 bridgehead atoms. The molecular weight excluding hydrogens is 328 g/mol. The van der Waals surface area contributed by atoms with Gasteiger partial charge in [0.2, 0.25) is 0 Å².